The lowest BCUT2D eigenvalue weighted by molar-refractivity contribution is -0.385. The first kappa shape index (κ1) is 19.5. The van der Waals surface area contributed by atoms with E-state index in [1.807, 2.05) is 0 Å². The number of sulfone groups is 2. The summed E-state index contributed by atoms with van der Waals surface area (Å²) in [6, 6.07) is 8.36. The van der Waals surface area contributed by atoms with E-state index >= 15 is 0 Å². The molecule has 0 bridgehead atoms. The van der Waals surface area contributed by atoms with Gasteiger partial charge >= 0.3 is 0 Å². The van der Waals surface area contributed by atoms with Crippen LogP contribution in [0, 0.1) is 10.1 Å². The van der Waals surface area contributed by atoms with E-state index in [2.05, 4.69) is 5.32 Å². The molecule has 0 saturated heterocycles. The summed E-state index contributed by atoms with van der Waals surface area (Å²) >= 11 is 0. The number of anilines is 1. The summed E-state index contributed by atoms with van der Waals surface area (Å²) in [6.07, 6.45) is 1.82. The number of non-ortho nitro benzene ring substituents is 1. The molecule has 0 unspecified atom stereocenters. The van der Waals surface area contributed by atoms with Gasteiger partial charge in [0.2, 0.25) is 0 Å². The maximum absolute atomic E-state index is 12.4. The van der Waals surface area contributed by atoms with Crippen molar-refractivity contribution < 1.29 is 26.6 Å². The molecule has 1 N–H and O–H groups in total. The van der Waals surface area contributed by atoms with E-state index in [1.54, 1.807) is 0 Å². The first-order valence-electron chi connectivity index (χ1n) is 6.99. The number of nitro benzene ring substituents is 1. The Morgan fingerprint density at radius 1 is 1.00 bits per heavy atom. The minimum Gasteiger partial charge on any atom is -0.321 e. The predicted molar refractivity (Wildman–Crippen MR) is 93.7 cm³/mol. The lowest BCUT2D eigenvalue weighted by atomic mass is 10.2. The van der Waals surface area contributed by atoms with Crippen molar-refractivity contribution >= 4 is 37.0 Å². The van der Waals surface area contributed by atoms with Crippen LogP contribution in [0.5, 0.6) is 0 Å². The van der Waals surface area contributed by atoms with Gasteiger partial charge < -0.3 is 5.32 Å². The Morgan fingerprint density at radius 3 is 2.15 bits per heavy atom. The average Bonchev–Trinajstić information content (AvgIpc) is 2.53. The topological polar surface area (TPSA) is 141 Å². The van der Waals surface area contributed by atoms with Crippen LogP contribution in [0.15, 0.2) is 52.3 Å². The Morgan fingerprint density at radius 2 is 1.62 bits per heavy atom. The number of carbonyl (C=O) groups is 1. The van der Waals surface area contributed by atoms with Crippen LogP contribution >= 0.6 is 0 Å². The van der Waals surface area contributed by atoms with E-state index in [1.165, 1.54) is 24.3 Å². The smallest absolute Gasteiger partial charge is 0.271 e. The molecule has 0 spiro atoms. The molecule has 0 saturated carbocycles. The largest absolute Gasteiger partial charge is 0.321 e. The minimum atomic E-state index is -3.80. The van der Waals surface area contributed by atoms with Gasteiger partial charge in [-0.15, -0.1) is 0 Å². The number of hydrogen-bond donors (Lipinski definition) is 1. The minimum absolute atomic E-state index is 0.0209. The molecular formula is C15H14N2O7S2. The average molecular weight is 398 g/mol. The summed E-state index contributed by atoms with van der Waals surface area (Å²) in [5.41, 5.74) is -0.884. The first-order chi connectivity index (χ1) is 11.9. The first-order valence-corrected chi connectivity index (χ1v) is 10.8. The fourth-order valence-electron chi connectivity index (χ4n) is 2.12. The third-order valence-electron chi connectivity index (χ3n) is 3.33. The number of nitrogens with one attached hydrogen (secondary N) is 1. The van der Waals surface area contributed by atoms with Crippen LogP contribution in [0.25, 0.3) is 0 Å². The quantitative estimate of drug-likeness (QED) is 0.596. The molecule has 11 heteroatoms. The highest BCUT2D eigenvalue weighted by atomic mass is 32.2. The summed E-state index contributed by atoms with van der Waals surface area (Å²) in [5, 5.41) is 13.3. The van der Waals surface area contributed by atoms with E-state index in [4.69, 9.17) is 0 Å². The zero-order chi connectivity index (χ0) is 19.7. The maximum Gasteiger partial charge on any atom is 0.271 e. The van der Waals surface area contributed by atoms with Crippen molar-refractivity contribution in [2.45, 2.75) is 9.79 Å². The van der Waals surface area contributed by atoms with E-state index in [9.17, 15) is 31.7 Å². The van der Waals surface area contributed by atoms with Gasteiger partial charge in [0, 0.05) is 30.2 Å². The molecule has 138 valence electrons. The molecule has 26 heavy (non-hydrogen) atoms. The van der Waals surface area contributed by atoms with Crippen LogP contribution in [0.2, 0.25) is 0 Å². The molecule has 0 radical (unpaired) electrons. The predicted octanol–water partition coefficient (Wildman–Crippen LogP) is 1.65. The van der Waals surface area contributed by atoms with Crippen LogP contribution in [0.4, 0.5) is 11.4 Å². The van der Waals surface area contributed by atoms with Gasteiger partial charge in [0.15, 0.2) is 19.7 Å². The van der Waals surface area contributed by atoms with E-state index < -0.39 is 41.1 Å². The highest BCUT2D eigenvalue weighted by Gasteiger charge is 2.21. The number of nitro groups is 1. The van der Waals surface area contributed by atoms with Crippen LogP contribution in [-0.4, -0.2) is 40.2 Å². The van der Waals surface area contributed by atoms with Gasteiger partial charge in [0.1, 0.15) is 0 Å². The van der Waals surface area contributed by atoms with Crippen molar-refractivity contribution in [2.24, 2.45) is 0 Å². The Balaban J connectivity index is 2.52. The highest BCUT2D eigenvalue weighted by molar-refractivity contribution is 7.91. The summed E-state index contributed by atoms with van der Waals surface area (Å²) in [5.74, 6) is -0.880. The molecule has 0 fully saturated rings. The molecule has 0 aliphatic carbocycles. The number of para-hydroxylation sites is 1. The lowest BCUT2D eigenvalue weighted by Crippen LogP contribution is -2.15. The second-order valence-electron chi connectivity index (χ2n) is 5.47. The fraction of sp³-hybridized carbons (Fsp3) is 0.133. The molecule has 0 aromatic heterocycles. The zero-order valence-corrected chi connectivity index (χ0v) is 15.3. The molecular weight excluding hydrogens is 384 g/mol. The normalized spacial score (nSPS) is 11.8. The second kappa shape index (κ2) is 6.84. The third-order valence-corrected chi connectivity index (χ3v) is 5.57. The van der Waals surface area contributed by atoms with Gasteiger partial charge in [-0.2, -0.15) is 0 Å². The number of nitrogens with zero attached hydrogens (tertiary/aromatic N) is 1. The van der Waals surface area contributed by atoms with Crippen LogP contribution < -0.4 is 5.32 Å². The summed E-state index contributed by atoms with van der Waals surface area (Å²) in [7, 11) is -7.43. The van der Waals surface area contributed by atoms with Crippen molar-refractivity contribution in [3.05, 3.63) is 58.1 Å². The van der Waals surface area contributed by atoms with Crippen molar-refractivity contribution in [2.75, 3.05) is 17.8 Å². The Kier molecular flexibility index (Phi) is 5.14. The maximum atomic E-state index is 12.4. The van der Waals surface area contributed by atoms with Crippen molar-refractivity contribution in [1.29, 1.82) is 0 Å². The van der Waals surface area contributed by atoms with Crippen molar-refractivity contribution in [1.82, 2.24) is 0 Å². The summed E-state index contributed by atoms with van der Waals surface area (Å²) in [6.45, 7) is 0. The summed E-state index contributed by atoms with van der Waals surface area (Å²) in [4.78, 5) is 22.1. The number of carbonyl (C=O) groups excluding carboxylic acids is 1. The lowest BCUT2D eigenvalue weighted by Gasteiger charge is -2.10. The van der Waals surface area contributed by atoms with Crippen molar-refractivity contribution in [3.8, 4) is 0 Å². The fourth-order valence-corrected chi connectivity index (χ4v) is 3.64. The standard InChI is InChI=1S/C15H14N2O7S2/c1-25(21,22)12-8-10(7-11(9-12)17(19)20)15(18)16-13-5-3-4-6-14(13)26(2,23)24/h3-9H,1-2H3,(H,16,18). The Bertz CT molecular complexity index is 1110. The molecule has 2 rings (SSSR count). The van der Waals surface area contributed by atoms with Gasteiger partial charge in [0.25, 0.3) is 11.6 Å². The Hall–Kier alpha value is -2.79. The third kappa shape index (κ3) is 4.43. The number of hydrogen-bond acceptors (Lipinski definition) is 7. The number of benzene rings is 2. The zero-order valence-electron chi connectivity index (χ0n) is 13.7. The molecule has 0 aliphatic rings. The van der Waals surface area contributed by atoms with Gasteiger partial charge in [-0.05, 0) is 18.2 Å². The SMILES string of the molecule is CS(=O)(=O)c1cc(C(=O)Nc2ccccc2S(C)(=O)=O)cc([N+](=O)[O-])c1. The Labute approximate surface area is 149 Å². The highest BCUT2D eigenvalue weighted by Crippen LogP contribution is 2.24. The molecule has 0 aliphatic heterocycles. The van der Waals surface area contributed by atoms with Gasteiger partial charge in [-0.25, -0.2) is 16.8 Å². The molecule has 1 amide bonds. The molecule has 2 aromatic rings. The van der Waals surface area contributed by atoms with Crippen molar-refractivity contribution in [3.63, 3.8) is 0 Å². The van der Waals surface area contributed by atoms with E-state index in [0.29, 0.717) is 0 Å². The second-order valence-corrected chi connectivity index (χ2v) is 9.47. The van der Waals surface area contributed by atoms with Gasteiger partial charge in [0.05, 0.1) is 20.4 Å². The van der Waals surface area contributed by atoms with Crippen LogP contribution in [0.3, 0.4) is 0 Å². The number of amides is 1. The monoisotopic (exact) mass is 398 g/mol. The van der Waals surface area contributed by atoms with Gasteiger partial charge in [-0.1, -0.05) is 12.1 Å². The number of rotatable bonds is 5. The molecule has 2 aromatic carbocycles. The van der Waals surface area contributed by atoms with Gasteiger partial charge in [-0.3, -0.25) is 14.9 Å². The van der Waals surface area contributed by atoms with Crippen LogP contribution in [-0.2, 0) is 19.7 Å². The summed E-state index contributed by atoms with van der Waals surface area (Å²) < 4.78 is 46.9. The molecule has 0 atom stereocenters. The van der Waals surface area contributed by atoms with Crippen LogP contribution in [0.1, 0.15) is 10.4 Å². The van der Waals surface area contributed by atoms with E-state index in [0.717, 1.165) is 30.7 Å². The molecule has 0 heterocycles. The molecule has 9 nitrogen and oxygen atoms in total. The van der Waals surface area contributed by atoms with E-state index in [-0.39, 0.29) is 16.1 Å².